The highest BCUT2D eigenvalue weighted by Crippen LogP contribution is 2.40. The number of likely N-dealkylation sites (N-methyl/N-ethyl adjacent to an activating group) is 1. The van der Waals surface area contributed by atoms with E-state index in [4.69, 9.17) is 0 Å². The molecule has 0 radical (unpaired) electrons. The summed E-state index contributed by atoms with van der Waals surface area (Å²) in [6.45, 7) is 13.6. The molecule has 0 unspecified atom stereocenters. The van der Waals surface area contributed by atoms with Crippen LogP contribution < -0.4 is 0 Å². The molecular weight excluding hydrogens is 342 g/mol. The first-order chi connectivity index (χ1) is 11.9. The van der Waals surface area contributed by atoms with Crippen LogP contribution in [0.25, 0.3) is 0 Å². The predicted octanol–water partition coefficient (Wildman–Crippen LogP) is 5.01. The summed E-state index contributed by atoms with van der Waals surface area (Å²) in [6.07, 6.45) is 3.77. The van der Waals surface area contributed by atoms with Crippen molar-refractivity contribution in [3.05, 3.63) is 39.8 Å². The number of rotatable bonds is 3. The molecule has 1 aromatic rings. The van der Waals surface area contributed by atoms with Crippen LogP contribution in [0.1, 0.15) is 64.7 Å². The van der Waals surface area contributed by atoms with Crippen molar-refractivity contribution in [3.63, 3.8) is 0 Å². The van der Waals surface area contributed by atoms with Gasteiger partial charge in [0.15, 0.2) is 0 Å². The van der Waals surface area contributed by atoms with E-state index in [0.717, 1.165) is 41.2 Å². The first kappa shape index (κ1) is 20.9. The number of phenolic OH excluding ortho intramolecular Hbond substituents is 1. The topological polar surface area (TPSA) is 40.5 Å². The fraction of sp³-hybridized carbons (Fsp3) is 0.591. The number of carbonyl (C=O) groups excluding carboxylic acids is 1. The Morgan fingerprint density at radius 2 is 1.65 bits per heavy atom. The van der Waals surface area contributed by atoms with Gasteiger partial charge in [0.2, 0.25) is 0 Å². The van der Waals surface area contributed by atoms with Crippen molar-refractivity contribution in [2.45, 2.75) is 65.2 Å². The molecule has 1 saturated heterocycles. The molecule has 0 atom stereocenters. The Balaban J connectivity index is 2.28. The maximum absolute atomic E-state index is 12.2. The lowest BCUT2D eigenvalue weighted by molar-refractivity contribution is -0.125. The quantitative estimate of drug-likeness (QED) is 0.755. The average Bonchev–Trinajstić information content (AvgIpc) is 2.50. The molecule has 1 fully saturated rings. The fourth-order valence-corrected chi connectivity index (χ4v) is 4.24. The SMILES string of the molecule is CN1CCSC(=CCCc2cc(C(C)(C)C)c(O)c(C(C)(C)C)c2)C1=O. The maximum atomic E-state index is 12.2. The van der Waals surface area contributed by atoms with Crippen molar-refractivity contribution in [3.8, 4) is 5.75 Å². The largest absolute Gasteiger partial charge is 0.507 e. The van der Waals surface area contributed by atoms with Crippen molar-refractivity contribution >= 4 is 17.7 Å². The zero-order valence-electron chi connectivity index (χ0n) is 17.3. The summed E-state index contributed by atoms with van der Waals surface area (Å²) in [6, 6.07) is 4.26. The number of phenols is 1. The van der Waals surface area contributed by atoms with Crippen LogP contribution >= 0.6 is 11.8 Å². The van der Waals surface area contributed by atoms with Gasteiger partial charge in [-0.2, -0.15) is 0 Å². The van der Waals surface area contributed by atoms with Gasteiger partial charge in [-0.25, -0.2) is 0 Å². The second-order valence-electron chi connectivity index (χ2n) is 9.22. The third-order valence-corrected chi connectivity index (χ3v) is 5.83. The van der Waals surface area contributed by atoms with Gasteiger partial charge in [-0.3, -0.25) is 4.79 Å². The van der Waals surface area contributed by atoms with E-state index in [2.05, 4.69) is 59.8 Å². The maximum Gasteiger partial charge on any atom is 0.259 e. The summed E-state index contributed by atoms with van der Waals surface area (Å²) in [4.78, 5) is 14.8. The number of hydrogen-bond acceptors (Lipinski definition) is 3. The van der Waals surface area contributed by atoms with Gasteiger partial charge >= 0.3 is 0 Å². The highest BCUT2D eigenvalue weighted by atomic mass is 32.2. The zero-order chi connectivity index (χ0) is 19.7. The molecule has 0 aliphatic carbocycles. The lowest BCUT2D eigenvalue weighted by Crippen LogP contribution is -2.33. The third-order valence-electron chi connectivity index (χ3n) is 4.79. The third kappa shape index (κ3) is 4.85. The molecule has 1 amide bonds. The number of hydrogen-bond donors (Lipinski definition) is 1. The normalized spacial score (nSPS) is 17.9. The molecule has 0 saturated carbocycles. The van der Waals surface area contributed by atoms with Crippen molar-refractivity contribution in [1.29, 1.82) is 0 Å². The van der Waals surface area contributed by atoms with Crippen molar-refractivity contribution in [1.82, 2.24) is 4.90 Å². The monoisotopic (exact) mass is 375 g/mol. The second-order valence-corrected chi connectivity index (χ2v) is 10.4. The predicted molar refractivity (Wildman–Crippen MR) is 112 cm³/mol. The van der Waals surface area contributed by atoms with E-state index in [1.807, 2.05) is 7.05 Å². The van der Waals surface area contributed by atoms with Crippen LogP contribution in [0.5, 0.6) is 5.75 Å². The summed E-state index contributed by atoms with van der Waals surface area (Å²) >= 11 is 1.66. The fourth-order valence-electron chi connectivity index (χ4n) is 3.14. The molecule has 3 nitrogen and oxygen atoms in total. The Morgan fingerprint density at radius 3 is 2.15 bits per heavy atom. The summed E-state index contributed by atoms with van der Waals surface area (Å²) in [5, 5.41) is 10.8. The number of amides is 1. The molecule has 1 aliphatic heterocycles. The standard InChI is InChI=1S/C22H33NO2S/c1-21(2,3)16-13-15(14-17(19(16)24)22(4,5)6)9-8-10-18-20(25)23(7)11-12-26-18/h10,13-14,24H,8-9,11-12H2,1-7H3. The van der Waals surface area contributed by atoms with Gasteiger partial charge < -0.3 is 10.0 Å². The van der Waals surface area contributed by atoms with E-state index >= 15 is 0 Å². The van der Waals surface area contributed by atoms with E-state index in [1.165, 1.54) is 5.56 Å². The lowest BCUT2D eigenvalue weighted by atomic mass is 9.78. The van der Waals surface area contributed by atoms with Crippen molar-refractivity contribution < 1.29 is 9.90 Å². The zero-order valence-corrected chi connectivity index (χ0v) is 18.1. The van der Waals surface area contributed by atoms with Crippen LogP contribution in [0.15, 0.2) is 23.1 Å². The number of aromatic hydroxyl groups is 1. The Labute approximate surface area is 162 Å². The van der Waals surface area contributed by atoms with Crippen molar-refractivity contribution in [2.75, 3.05) is 19.3 Å². The molecule has 1 N–H and O–H groups in total. The molecular formula is C22H33NO2S. The first-order valence-electron chi connectivity index (χ1n) is 9.36. The number of nitrogens with zero attached hydrogens (tertiary/aromatic N) is 1. The molecule has 4 heteroatoms. The van der Waals surface area contributed by atoms with Gasteiger partial charge in [-0.05, 0) is 40.4 Å². The first-order valence-corrected chi connectivity index (χ1v) is 10.3. The minimum absolute atomic E-state index is 0.115. The van der Waals surface area contributed by atoms with Crippen LogP contribution in [-0.2, 0) is 22.0 Å². The number of allylic oxidation sites excluding steroid dienone is 1. The van der Waals surface area contributed by atoms with Crippen LogP contribution in [0.2, 0.25) is 0 Å². The van der Waals surface area contributed by atoms with Gasteiger partial charge in [0.05, 0.1) is 4.91 Å². The highest BCUT2D eigenvalue weighted by Gasteiger charge is 2.26. The Morgan fingerprint density at radius 1 is 1.12 bits per heavy atom. The Kier molecular flexibility index (Phi) is 6.17. The van der Waals surface area contributed by atoms with E-state index in [1.54, 1.807) is 16.7 Å². The molecule has 1 aliphatic rings. The number of thioether (sulfide) groups is 1. The van der Waals surface area contributed by atoms with Gasteiger partial charge in [0.25, 0.3) is 5.91 Å². The van der Waals surface area contributed by atoms with E-state index in [-0.39, 0.29) is 16.7 Å². The summed E-state index contributed by atoms with van der Waals surface area (Å²) < 4.78 is 0. The van der Waals surface area contributed by atoms with Crippen LogP contribution in [0.4, 0.5) is 0 Å². The smallest absolute Gasteiger partial charge is 0.259 e. The van der Waals surface area contributed by atoms with E-state index in [0.29, 0.717) is 5.75 Å². The van der Waals surface area contributed by atoms with Crippen LogP contribution in [0, 0.1) is 0 Å². The Bertz CT molecular complexity index is 673. The van der Waals surface area contributed by atoms with Crippen molar-refractivity contribution in [2.24, 2.45) is 0 Å². The Hall–Kier alpha value is -1.42. The molecule has 1 heterocycles. The van der Waals surface area contributed by atoms with Gasteiger partial charge in [-0.15, -0.1) is 11.8 Å². The average molecular weight is 376 g/mol. The summed E-state index contributed by atoms with van der Waals surface area (Å²) in [5.74, 6) is 1.53. The number of aryl methyl sites for hydroxylation is 1. The van der Waals surface area contributed by atoms with E-state index in [9.17, 15) is 9.90 Å². The minimum Gasteiger partial charge on any atom is -0.507 e. The lowest BCUT2D eigenvalue weighted by Gasteiger charge is -2.28. The second kappa shape index (κ2) is 7.67. The van der Waals surface area contributed by atoms with Crippen LogP contribution in [-0.4, -0.2) is 35.3 Å². The molecule has 26 heavy (non-hydrogen) atoms. The molecule has 0 spiro atoms. The van der Waals surface area contributed by atoms with Gasteiger partial charge in [0, 0.05) is 19.3 Å². The minimum atomic E-state index is -0.115. The molecule has 2 rings (SSSR count). The van der Waals surface area contributed by atoms with E-state index < -0.39 is 0 Å². The van der Waals surface area contributed by atoms with Gasteiger partial charge in [-0.1, -0.05) is 59.8 Å². The van der Waals surface area contributed by atoms with Gasteiger partial charge in [0.1, 0.15) is 5.75 Å². The highest BCUT2D eigenvalue weighted by molar-refractivity contribution is 8.04. The number of benzene rings is 1. The summed E-state index contributed by atoms with van der Waals surface area (Å²) in [7, 11) is 1.86. The molecule has 0 aromatic heterocycles. The molecule has 1 aromatic carbocycles. The molecule has 0 bridgehead atoms. The number of carbonyl (C=O) groups is 1. The van der Waals surface area contributed by atoms with Crippen LogP contribution in [0.3, 0.4) is 0 Å². The summed E-state index contributed by atoms with van der Waals surface area (Å²) in [5.41, 5.74) is 2.98. The molecule has 144 valence electrons.